The quantitative estimate of drug-likeness (QED) is 0.304. The second-order valence-electron chi connectivity index (χ2n) is 6.47. The predicted molar refractivity (Wildman–Crippen MR) is 114 cm³/mol. The van der Waals surface area contributed by atoms with Gasteiger partial charge in [0.2, 0.25) is 5.78 Å². The van der Waals surface area contributed by atoms with Crippen LogP contribution in [0, 0.1) is 0 Å². The number of carbonyl (C=O) groups excluding carboxylic acids is 2. The molecule has 4 rings (SSSR count). The SMILES string of the molecule is O=C(OC(C(=O)c1c[nH]c2ccccc12)c1ccccc1)c1cc(Cl)cc(Cl)c1. The topological polar surface area (TPSA) is 59.2 Å². The van der Waals surface area contributed by atoms with Gasteiger partial charge >= 0.3 is 5.97 Å². The van der Waals surface area contributed by atoms with Gasteiger partial charge in [-0.3, -0.25) is 4.79 Å². The maximum absolute atomic E-state index is 13.4. The van der Waals surface area contributed by atoms with Crippen LogP contribution in [0.2, 0.25) is 10.0 Å². The number of hydrogen-bond acceptors (Lipinski definition) is 3. The molecular weight excluding hydrogens is 409 g/mol. The third kappa shape index (κ3) is 4.04. The first kappa shape index (κ1) is 19.2. The second-order valence-corrected chi connectivity index (χ2v) is 7.34. The number of rotatable bonds is 5. The summed E-state index contributed by atoms with van der Waals surface area (Å²) in [5, 5.41) is 1.38. The molecule has 6 heteroatoms. The van der Waals surface area contributed by atoms with E-state index in [4.69, 9.17) is 27.9 Å². The van der Waals surface area contributed by atoms with Gasteiger partial charge in [-0.05, 0) is 24.3 Å². The number of hydrogen-bond donors (Lipinski definition) is 1. The summed E-state index contributed by atoms with van der Waals surface area (Å²) >= 11 is 12.0. The summed E-state index contributed by atoms with van der Waals surface area (Å²) < 4.78 is 5.65. The molecule has 0 saturated heterocycles. The molecule has 4 aromatic rings. The van der Waals surface area contributed by atoms with E-state index in [-0.39, 0.29) is 11.3 Å². The van der Waals surface area contributed by atoms with Gasteiger partial charge in [-0.1, -0.05) is 71.7 Å². The molecule has 0 spiro atoms. The van der Waals surface area contributed by atoms with Crippen molar-refractivity contribution in [1.82, 2.24) is 4.98 Å². The molecule has 0 aliphatic rings. The molecular formula is C23H15Cl2NO3. The van der Waals surface area contributed by atoms with Crippen LogP contribution in [0.3, 0.4) is 0 Å². The molecule has 144 valence electrons. The summed E-state index contributed by atoms with van der Waals surface area (Å²) in [6.07, 6.45) is 0.521. The lowest BCUT2D eigenvalue weighted by Crippen LogP contribution is -2.20. The molecule has 0 saturated carbocycles. The fraction of sp³-hybridized carbons (Fsp3) is 0.0435. The van der Waals surface area contributed by atoms with Gasteiger partial charge in [0.25, 0.3) is 0 Å². The molecule has 0 fully saturated rings. The van der Waals surface area contributed by atoms with E-state index in [9.17, 15) is 9.59 Å². The Labute approximate surface area is 177 Å². The van der Waals surface area contributed by atoms with E-state index < -0.39 is 12.1 Å². The summed E-state index contributed by atoms with van der Waals surface area (Å²) in [7, 11) is 0. The molecule has 0 bridgehead atoms. The molecule has 3 aromatic carbocycles. The molecule has 1 heterocycles. The Morgan fingerprint density at radius 3 is 2.24 bits per heavy atom. The fourth-order valence-corrected chi connectivity index (χ4v) is 3.69. The number of fused-ring (bicyclic) bond motifs is 1. The van der Waals surface area contributed by atoms with Crippen molar-refractivity contribution in [3.8, 4) is 0 Å². The van der Waals surface area contributed by atoms with E-state index in [1.807, 2.05) is 30.3 Å². The zero-order valence-corrected chi connectivity index (χ0v) is 16.6. The molecule has 0 aliphatic heterocycles. The normalized spacial score (nSPS) is 11.9. The summed E-state index contributed by atoms with van der Waals surface area (Å²) in [6, 6.07) is 20.8. The molecule has 0 aliphatic carbocycles. The molecule has 4 nitrogen and oxygen atoms in total. The Hall–Kier alpha value is -3.08. The number of ether oxygens (including phenoxy) is 1. The number of esters is 1. The molecule has 0 radical (unpaired) electrons. The van der Waals surface area contributed by atoms with Crippen LogP contribution in [-0.4, -0.2) is 16.7 Å². The number of Topliss-reactive ketones (excluding diaryl/α,β-unsaturated/α-hetero) is 1. The third-order valence-corrected chi connectivity index (χ3v) is 4.95. The Bertz CT molecular complexity index is 1180. The maximum Gasteiger partial charge on any atom is 0.339 e. The highest BCUT2D eigenvalue weighted by molar-refractivity contribution is 6.35. The summed E-state index contributed by atoms with van der Waals surface area (Å²) in [6.45, 7) is 0. The van der Waals surface area contributed by atoms with E-state index in [0.29, 0.717) is 21.2 Å². The minimum Gasteiger partial charge on any atom is -0.445 e. The molecule has 1 aromatic heterocycles. The van der Waals surface area contributed by atoms with Gasteiger partial charge in [0.05, 0.1) is 5.56 Å². The maximum atomic E-state index is 13.4. The lowest BCUT2D eigenvalue weighted by atomic mass is 9.99. The number of carbonyl (C=O) groups is 2. The van der Waals surface area contributed by atoms with Crippen LogP contribution in [0.25, 0.3) is 10.9 Å². The fourth-order valence-electron chi connectivity index (χ4n) is 3.16. The highest BCUT2D eigenvalue weighted by Gasteiger charge is 2.28. The first-order chi connectivity index (χ1) is 14.0. The van der Waals surface area contributed by atoms with Crippen LogP contribution in [0.1, 0.15) is 32.4 Å². The van der Waals surface area contributed by atoms with E-state index in [0.717, 1.165) is 10.9 Å². The highest BCUT2D eigenvalue weighted by atomic mass is 35.5. The summed E-state index contributed by atoms with van der Waals surface area (Å²) in [4.78, 5) is 29.2. The van der Waals surface area contributed by atoms with Crippen molar-refractivity contribution in [2.24, 2.45) is 0 Å². The van der Waals surface area contributed by atoms with Crippen molar-refractivity contribution < 1.29 is 14.3 Å². The number of halogens is 2. The van der Waals surface area contributed by atoms with Crippen molar-refractivity contribution in [2.45, 2.75) is 6.10 Å². The van der Waals surface area contributed by atoms with Gasteiger partial charge < -0.3 is 9.72 Å². The van der Waals surface area contributed by atoms with Gasteiger partial charge in [-0.2, -0.15) is 0 Å². The number of aromatic nitrogens is 1. The second kappa shape index (κ2) is 8.11. The first-order valence-electron chi connectivity index (χ1n) is 8.85. The van der Waals surface area contributed by atoms with Gasteiger partial charge in [0.15, 0.2) is 6.10 Å². The number of nitrogens with one attached hydrogen (secondary N) is 1. The van der Waals surface area contributed by atoms with Crippen molar-refractivity contribution in [3.63, 3.8) is 0 Å². The lowest BCUT2D eigenvalue weighted by Gasteiger charge is -2.17. The number of benzene rings is 3. The van der Waals surface area contributed by atoms with Gasteiger partial charge in [-0.15, -0.1) is 0 Å². The zero-order chi connectivity index (χ0) is 20.4. The average Bonchev–Trinajstić information content (AvgIpc) is 3.15. The minimum atomic E-state index is -1.11. The van der Waals surface area contributed by atoms with Crippen LogP contribution in [-0.2, 0) is 4.74 Å². The smallest absolute Gasteiger partial charge is 0.339 e. The molecule has 1 unspecified atom stereocenters. The standard InChI is InChI=1S/C23H15Cl2NO3/c24-16-10-15(11-17(25)12-16)23(28)29-22(14-6-2-1-3-7-14)21(27)19-13-26-20-9-5-4-8-18(19)20/h1-13,22,26H. The molecule has 1 atom stereocenters. The summed E-state index contributed by atoms with van der Waals surface area (Å²) in [5.74, 6) is -1.01. The third-order valence-electron chi connectivity index (χ3n) is 4.52. The van der Waals surface area contributed by atoms with E-state index >= 15 is 0 Å². The first-order valence-corrected chi connectivity index (χ1v) is 9.61. The highest BCUT2D eigenvalue weighted by Crippen LogP contribution is 2.29. The van der Waals surface area contributed by atoms with Crippen LogP contribution in [0.15, 0.2) is 79.0 Å². The summed E-state index contributed by atoms with van der Waals surface area (Å²) in [5.41, 5.74) is 2.03. The van der Waals surface area contributed by atoms with E-state index in [2.05, 4.69) is 4.98 Å². The number of ketones is 1. The zero-order valence-electron chi connectivity index (χ0n) is 15.1. The van der Waals surface area contributed by atoms with Crippen molar-refractivity contribution >= 4 is 45.9 Å². The van der Waals surface area contributed by atoms with Crippen molar-refractivity contribution in [1.29, 1.82) is 0 Å². The van der Waals surface area contributed by atoms with Crippen LogP contribution < -0.4 is 0 Å². The lowest BCUT2D eigenvalue weighted by molar-refractivity contribution is 0.0280. The molecule has 29 heavy (non-hydrogen) atoms. The van der Waals surface area contributed by atoms with E-state index in [1.165, 1.54) is 18.2 Å². The van der Waals surface area contributed by atoms with E-state index in [1.54, 1.807) is 30.5 Å². The molecule has 0 amide bonds. The van der Waals surface area contributed by atoms with Crippen molar-refractivity contribution in [3.05, 3.63) is 106 Å². The Balaban J connectivity index is 1.72. The van der Waals surface area contributed by atoms with Gasteiger partial charge in [0, 0.05) is 38.3 Å². The Morgan fingerprint density at radius 1 is 0.862 bits per heavy atom. The molecule has 1 N–H and O–H groups in total. The predicted octanol–water partition coefficient (Wildman–Crippen LogP) is 6.26. The van der Waals surface area contributed by atoms with Crippen LogP contribution in [0.5, 0.6) is 0 Å². The Kier molecular flexibility index (Phi) is 5.38. The minimum absolute atomic E-state index is 0.176. The van der Waals surface area contributed by atoms with Crippen LogP contribution in [0.4, 0.5) is 0 Å². The van der Waals surface area contributed by atoms with Gasteiger partial charge in [0.1, 0.15) is 0 Å². The average molecular weight is 424 g/mol. The van der Waals surface area contributed by atoms with Gasteiger partial charge in [-0.25, -0.2) is 4.79 Å². The monoisotopic (exact) mass is 423 g/mol. The Morgan fingerprint density at radius 2 is 1.52 bits per heavy atom. The number of aromatic amines is 1. The largest absolute Gasteiger partial charge is 0.445 e. The number of para-hydroxylation sites is 1. The van der Waals surface area contributed by atoms with Crippen molar-refractivity contribution in [2.75, 3.05) is 0 Å². The van der Waals surface area contributed by atoms with Crippen LogP contribution >= 0.6 is 23.2 Å². The number of H-pyrrole nitrogens is 1.